The second kappa shape index (κ2) is 8.55. The number of ether oxygens (including phenoxy) is 1. The lowest BCUT2D eigenvalue weighted by Crippen LogP contribution is -2.14. The van der Waals surface area contributed by atoms with Gasteiger partial charge in [-0.2, -0.15) is 13.2 Å². The van der Waals surface area contributed by atoms with Crippen LogP contribution in [0.3, 0.4) is 0 Å². The Hall–Kier alpha value is -3.37. The molecule has 0 saturated heterocycles. The molecule has 1 aromatic carbocycles. The molecule has 2 rings (SSSR count). The number of nitrogens with zero attached hydrogens (tertiary/aromatic N) is 2. The Labute approximate surface area is 157 Å². The lowest BCUT2D eigenvalue weighted by Gasteiger charge is -2.09. The summed E-state index contributed by atoms with van der Waals surface area (Å²) in [5.74, 6) is -0.734. The van der Waals surface area contributed by atoms with Crippen molar-refractivity contribution >= 4 is 23.5 Å². The van der Waals surface area contributed by atoms with Gasteiger partial charge in [-0.15, -0.1) is 0 Å². The van der Waals surface area contributed by atoms with Gasteiger partial charge in [0.1, 0.15) is 11.3 Å². The first-order valence-corrected chi connectivity index (χ1v) is 7.97. The van der Waals surface area contributed by atoms with Crippen molar-refractivity contribution in [1.29, 1.82) is 0 Å². The monoisotopic (exact) mass is 399 g/mol. The lowest BCUT2D eigenvalue weighted by molar-refractivity contribution is -0.137. The SMILES string of the molecule is CCOC(=O)c1c(C)noc1C(C)=NOC(=O)Nc1cccc(C(F)(F)F)c1. The van der Waals surface area contributed by atoms with E-state index in [4.69, 9.17) is 9.26 Å². The number of carbonyl (C=O) groups is 2. The molecule has 0 aliphatic heterocycles. The number of hydrogen-bond acceptors (Lipinski definition) is 7. The predicted molar refractivity (Wildman–Crippen MR) is 91.0 cm³/mol. The van der Waals surface area contributed by atoms with E-state index in [1.807, 2.05) is 0 Å². The van der Waals surface area contributed by atoms with Crippen LogP contribution in [-0.2, 0) is 15.8 Å². The van der Waals surface area contributed by atoms with Crippen molar-refractivity contribution in [3.05, 3.63) is 46.8 Å². The second-order valence-electron chi connectivity index (χ2n) is 5.45. The average Bonchev–Trinajstić information content (AvgIpc) is 3.01. The van der Waals surface area contributed by atoms with Crippen LogP contribution in [0.2, 0.25) is 0 Å². The number of alkyl halides is 3. The Morgan fingerprint density at radius 3 is 2.68 bits per heavy atom. The summed E-state index contributed by atoms with van der Waals surface area (Å²) in [6.07, 6.45) is -5.68. The first kappa shape index (κ1) is 20.9. The van der Waals surface area contributed by atoms with Gasteiger partial charge in [0.25, 0.3) is 0 Å². The molecular formula is C17H16F3N3O5. The van der Waals surface area contributed by atoms with Crippen molar-refractivity contribution in [3.63, 3.8) is 0 Å². The Balaban J connectivity index is 2.10. The standard InChI is InChI=1S/C17H16F3N3O5/c1-4-26-15(24)13-9(2)22-27-14(13)10(3)23-28-16(25)21-12-7-5-6-11(8-12)17(18,19)20/h5-8H,4H2,1-3H3,(H,21,25). The van der Waals surface area contributed by atoms with Gasteiger partial charge in [-0.25, -0.2) is 9.59 Å². The van der Waals surface area contributed by atoms with E-state index in [-0.39, 0.29) is 35.0 Å². The molecule has 0 saturated carbocycles. The third-order valence-electron chi connectivity index (χ3n) is 3.37. The van der Waals surface area contributed by atoms with E-state index < -0.39 is 23.8 Å². The molecule has 11 heteroatoms. The molecule has 0 aliphatic carbocycles. The number of benzene rings is 1. The zero-order chi connectivity index (χ0) is 20.9. The van der Waals surface area contributed by atoms with Crippen LogP contribution in [0.5, 0.6) is 0 Å². The number of esters is 1. The van der Waals surface area contributed by atoms with Crippen molar-refractivity contribution in [1.82, 2.24) is 5.16 Å². The molecule has 0 radical (unpaired) electrons. The highest BCUT2D eigenvalue weighted by Gasteiger charge is 2.30. The Bertz CT molecular complexity index is 906. The van der Waals surface area contributed by atoms with E-state index >= 15 is 0 Å². The lowest BCUT2D eigenvalue weighted by atomic mass is 10.1. The van der Waals surface area contributed by atoms with Crippen LogP contribution in [0.1, 0.15) is 41.2 Å². The molecular weight excluding hydrogens is 383 g/mol. The Morgan fingerprint density at radius 1 is 1.32 bits per heavy atom. The topological polar surface area (TPSA) is 103 Å². The summed E-state index contributed by atoms with van der Waals surface area (Å²) in [7, 11) is 0. The number of halogens is 3. The van der Waals surface area contributed by atoms with Crippen LogP contribution >= 0.6 is 0 Å². The van der Waals surface area contributed by atoms with E-state index in [1.165, 1.54) is 19.9 Å². The second-order valence-corrected chi connectivity index (χ2v) is 5.45. The van der Waals surface area contributed by atoms with Crippen molar-refractivity contribution in [2.45, 2.75) is 26.9 Å². The zero-order valence-electron chi connectivity index (χ0n) is 15.1. The first-order valence-electron chi connectivity index (χ1n) is 7.97. The summed E-state index contributed by atoms with van der Waals surface area (Å²) in [5, 5.41) is 9.29. The molecule has 2 aromatic rings. The minimum absolute atomic E-state index is 0.00263. The quantitative estimate of drug-likeness (QED) is 0.351. The summed E-state index contributed by atoms with van der Waals surface area (Å²) in [5.41, 5.74) is -0.763. The summed E-state index contributed by atoms with van der Waals surface area (Å²) in [4.78, 5) is 28.3. The molecule has 1 amide bonds. The van der Waals surface area contributed by atoms with E-state index in [0.717, 1.165) is 18.2 Å². The number of hydrogen-bond donors (Lipinski definition) is 1. The van der Waals surface area contributed by atoms with E-state index in [0.29, 0.717) is 0 Å². The fourth-order valence-electron chi connectivity index (χ4n) is 2.13. The highest BCUT2D eigenvalue weighted by atomic mass is 19.4. The molecule has 150 valence electrons. The minimum Gasteiger partial charge on any atom is -0.462 e. The predicted octanol–water partition coefficient (Wildman–Crippen LogP) is 4.15. The maximum absolute atomic E-state index is 12.7. The molecule has 8 nitrogen and oxygen atoms in total. The van der Waals surface area contributed by atoms with Crippen LogP contribution in [0.25, 0.3) is 0 Å². The normalized spacial score (nSPS) is 11.9. The van der Waals surface area contributed by atoms with Crippen molar-refractivity contribution < 1.29 is 36.9 Å². The van der Waals surface area contributed by atoms with Gasteiger partial charge < -0.3 is 9.26 Å². The number of rotatable bonds is 5. The summed E-state index contributed by atoms with van der Waals surface area (Å²) < 4.78 is 48.0. The maximum atomic E-state index is 12.7. The number of amides is 1. The van der Waals surface area contributed by atoms with Gasteiger partial charge in [0.2, 0.25) is 0 Å². The smallest absolute Gasteiger partial charge is 0.437 e. The van der Waals surface area contributed by atoms with Gasteiger partial charge in [-0.05, 0) is 39.0 Å². The van der Waals surface area contributed by atoms with E-state index in [1.54, 1.807) is 6.92 Å². The van der Waals surface area contributed by atoms with Crippen molar-refractivity contribution in [2.24, 2.45) is 5.16 Å². The third kappa shape index (κ3) is 5.09. The number of aryl methyl sites for hydroxylation is 1. The fraction of sp³-hybridized carbons (Fsp3) is 0.294. The number of anilines is 1. The van der Waals surface area contributed by atoms with E-state index in [2.05, 4.69) is 20.5 Å². The molecule has 0 fully saturated rings. The molecule has 0 bridgehead atoms. The van der Waals surface area contributed by atoms with Gasteiger partial charge in [0.15, 0.2) is 5.76 Å². The molecule has 0 unspecified atom stereocenters. The van der Waals surface area contributed by atoms with Crippen LogP contribution < -0.4 is 5.32 Å². The molecule has 0 aliphatic rings. The van der Waals surface area contributed by atoms with Gasteiger partial charge in [-0.3, -0.25) is 10.2 Å². The van der Waals surface area contributed by atoms with Gasteiger partial charge in [0, 0.05) is 5.69 Å². The van der Waals surface area contributed by atoms with Gasteiger partial charge >= 0.3 is 18.2 Å². The fourth-order valence-corrected chi connectivity index (χ4v) is 2.13. The minimum atomic E-state index is -4.55. The molecule has 1 heterocycles. The molecule has 1 N–H and O–H groups in total. The highest BCUT2D eigenvalue weighted by Crippen LogP contribution is 2.30. The molecule has 0 atom stereocenters. The number of nitrogens with one attached hydrogen (secondary N) is 1. The van der Waals surface area contributed by atoms with Crippen LogP contribution in [-0.4, -0.2) is 29.5 Å². The summed E-state index contributed by atoms with van der Waals surface area (Å²) in [6, 6.07) is 4.00. The van der Waals surface area contributed by atoms with Gasteiger partial charge in [-0.1, -0.05) is 16.4 Å². The van der Waals surface area contributed by atoms with Crippen LogP contribution in [0.4, 0.5) is 23.7 Å². The first-order chi connectivity index (χ1) is 13.1. The number of carbonyl (C=O) groups excluding carboxylic acids is 2. The third-order valence-corrected chi connectivity index (χ3v) is 3.37. The average molecular weight is 399 g/mol. The van der Waals surface area contributed by atoms with Crippen LogP contribution in [0, 0.1) is 6.92 Å². The van der Waals surface area contributed by atoms with Crippen molar-refractivity contribution in [3.8, 4) is 0 Å². The number of oxime groups is 1. The molecule has 1 aromatic heterocycles. The largest absolute Gasteiger partial charge is 0.462 e. The summed E-state index contributed by atoms with van der Waals surface area (Å²) in [6.45, 7) is 4.67. The van der Waals surface area contributed by atoms with Crippen LogP contribution in [0.15, 0.2) is 33.9 Å². The number of aromatic nitrogens is 1. The maximum Gasteiger partial charge on any atom is 0.437 e. The van der Waals surface area contributed by atoms with E-state index in [9.17, 15) is 22.8 Å². The summed E-state index contributed by atoms with van der Waals surface area (Å²) >= 11 is 0. The van der Waals surface area contributed by atoms with Crippen molar-refractivity contribution in [2.75, 3.05) is 11.9 Å². The Kier molecular flexibility index (Phi) is 6.39. The Morgan fingerprint density at radius 2 is 2.04 bits per heavy atom. The molecule has 0 spiro atoms. The van der Waals surface area contributed by atoms with Gasteiger partial charge in [0.05, 0.1) is 17.9 Å². The molecule has 28 heavy (non-hydrogen) atoms. The zero-order valence-corrected chi connectivity index (χ0v) is 15.1. The highest BCUT2D eigenvalue weighted by molar-refractivity contribution is 6.06.